The van der Waals surface area contributed by atoms with E-state index in [2.05, 4.69) is 15.5 Å². The second kappa shape index (κ2) is 7.79. The minimum Gasteiger partial charge on any atom is -0.296 e. The van der Waals surface area contributed by atoms with Gasteiger partial charge in [-0.05, 0) is 36.2 Å². The Morgan fingerprint density at radius 1 is 1.21 bits per heavy atom. The van der Waals surface area contributed by atoms with Gasteiger partial charge in [0.1, 0.15) is 0 Å². The van der Waals surface area contributed by atoms with Crippen molar-refractivity contribution >= 4 is 45.7 Å². The second-order valence-corrected chi connectivity index (χ2v) is 7.70. The van der Waals surface area contributed by atoms with Gasteiger partial charge in [0.25, 0.3) is 5.91 Å². The van der Waals surface area contributed by atoms with Crippen molar-refractivity contribution in [1.82, 2.24) is 10.2 Å². The summed E-state index contributed by atoms with van der Waals surface area (Å²) in [7, 11) is 0. The minimum absolute atomic E-state index is 0.171. The summed E-state index contributed by atoms with van der Waals surface area (Å²) in [6.45, 7) is 1.90. The first kappa shape index (κ1) is 17.0. The first-order valence-electron chi connectivity index (χ1n) is 7.19. The zero-order valence-electron chi connectivity index (χ0n) is 12.8. The van der Waals surface area contributed by atoms with Crippen LogP contribution in [0.5, 0.6) is 0 Å². The number of benzene rings is 2. The maximum Gasteiger partial charge on any atom is 0.257 e. The number of halogens is 1. The third-order valence-electron chi connectivity index (χ3n) is 3.27. The molecule has 0 aliphatic heterocycles. The molecule has 0 saturated carbocycles. The summed E-state index contributed by atoms with van der Waals surface area (Å²) in [6, 6.07) is 15.2. The number of amides is 1. The van der Waals surface area contributed by atoms with Crippen molar-refractivity contribution in [3.63, 3.8) is 0 Å². The van der Waals surface area contributed by atoms with Crippen molar-refractivity contribution in [3.05, 3.63) is 70.2 Å². The average Bonchev–Trinajstić information content (AvgIpc) is 3.01. The van der Waals surface area contributed by atoms with Gasteiger partial charge in [-0.15, -0.1) is 10.2 Å². The predicted octanol–water partition coefficient (Wildman–Crippen LogP) is 5.04. The molecule has 24 heavy (non-hydrogen) atoms. The monoisotopic (exact) mass is 375 g/mol. The predicted molar refractivity (Wildman–Crippen MR) is 100 cm³/mol. The summed E-state index contributed by atoms with van der Waals surface area (Å²) in [5.74, 6) is 0.580. The third-order valence-corrected chi connectivity index (χ3v) is 5.55. The molecule has 0 spiro atoms. The van der Waals surface area contributed by atoms with Gasteiger partial charge in [0.15, 0.2) is 4.34 Å². The molecule has 0 fully saturated rings. The van der Waals surface area contributed by atoms with E-state index in [1.165, 1.54) is 11.3 Å². The lowest BCUT2D eigenvalue weighted by molar-refractivity contribution is 0.102. The van der Waals surface area contributed by atoms with E-state index in [1.807, 2.05) is 49.4 Å². The number of rotatable bonds is 5. The third kappa shape index (κ3) is 4.35. The molecule has 0 aliphatic carbocycles. The summed E-state index contributed by atoms with van der Waals surface area (Å²) < 4.78 is 0.801. The lowest BCUT2D eigenvalue weighted by Crippen LogP contribution is -2.12. The Hall–Kier alpha value is -1.89. The van der Waals surface area contributed by atoms with Gasteiger partial charge < -0.3 is 0 Å². The molecule has 2 aromatic carbocycles. The summed E-state index contributed by atoms with van der Waals surface area (Å²) in [4.78, 5) is 12.3. The maximum absolute atomic E-state index is 12.3. The SMILES string of the molecule is Cc1ccccc1C(=O)Nc1nnc(SCc2cccc(Cl)c2)s1. The molecule has 0 atom stereocenters. The molecule has 0 bridgehead atoms. The fourth-order valence-electron chi connectivity index (χ4n) is 2.08. The molecule has 3 rings (SSSR count). The number of nitrogens with zero attached hydrogens (tertiary/aromatic N) is 2. The van der Waals surface area contributed by atoms with Gasteiger partial charge in [-0.1, -0.05) is 65.0 Å². The Morgan fingerprint density at radius 2 is 2.04 bits per heavy atom. The second-order valence-electron chi connectivity index (χ2n) is 5.06. The van der Waals surface area contributed by atoms with Gasteiger partial charge in [-0.3, -0.25) is 10.1 Å². The molecular formula is C17H14ClN3OS2. The Kier molecular flexibility index (Phi) is 5.50. The van der Waals surface area contributed by atoms with E-state index < -0.39 is 0 Å². The highest BCUT2D eigenvalue weighted by atomic mass is 35.5. The molecule has 0 unspecified atom stereocenters. The fraction of sp³-hybridized carbons (Fsp3) is 0.118. The van der Waals surface area contributed by atoms with E-state index in [9.17, 15) is 4.79 Å². The van der Waals surface area contributed by atoms with Crippen LogP contribution in [0.25, 0.3) is 0 Å². The van der Waals surface area contributed by atoms with Crippen LogP contribution in [-0.2, 0) is 5.75 Å². The van der Waals surface area contributed by atoms with Crippen molar-refractivity contribution < 1.29 is 4.79 Å². The van der Waals surface area contributed by atoms with Gasteiger partial charge in [0.05, 0.1) is 0 Å². The van der Waals surface area contributed by atoms with Crippen molar-refractivity contribution in [2.24, 2.45) is 0 Å². The van der Waals surface area contributed by atoms with E-state index in [0.29, 0.717) is 10.7 Å². The summed E-state index contributed by atoms with van der Waals surface area (Å²) in [6.07, 6.45) is 0. The van der Waals surface area contributed by atoms with Gasteiger partial charge in [-0.25, -0.2) is 0 Å². The van der Waals surface area contributed by atoms with Crippen molar-refractivity contribution in [2.75, 3.05) is 5.32 Å². The smallest absolute Gasteiger partial charge is 0.257 e. The lowest BCUT2D eigenvalue weighted by Gasteiger charge is -2.03. The van der Waals surface area contributed by atoms with Crippen LogP contribution in [0, 0.1) is 6.92 Å². The summed E-state index contributed by atoms with van der Waals surface area (Å²) in [5.41, 5.74) is 2.68. The van der Waals surface area contributed by atoms with Crippen LogP contribution in [0.3, 0.4) is 0 Å². The number of hydrogen-bond acceptors (Lipinski definition) is 5. The number of anilines is 1. The van der Waals surface area contributed by atoms with Crippen LogP contribution in [0.4, 0.5) is 5.13 Å². The number of nitrogens with one attached hydrogen (secondary N) is 1. The largest absolute Gasteiger partial charge is 0.296 e. The Bertz CT molecular complexity index is 866. The highest BCUT2D eigenvalue weighted by Gasteiger charge is 2.12. The maximum atomic E-state index is 12.3. The van der Waals surface area contributed by atoms with E-state index >= 15 is 0 Å². The molecular weight excluding hydrogens is 362 g/mol. The molecule has 1 heterocycles. The fourth-order valence-corrected chi connectivity index (χ4v) is 3.99. The van der Waals surface area contributed by atoms with Gasteiger partial charge in [0, 0.05) is 16.3 Å². The quantitative estimate of drug-likeness (QED) is 0.501. The molecule has 1 amide bonds. The van der Waals surface area contributed by atoms with E-state index in [-0.39, 0.29) is 5.91 Å². The highest BCUT2D eigenvalue weighted by molar-refractivity contribution is 8.00. The van der Waals surface area contributed by atoms with Gasteiger partial charge in [-0.2, -0.15) is 0 Å². The molecule has 4 nitrogen and oxygen atoms in total. The van der Waals surface area contributed by atoms with E-state index in [0.717, 1.165) is 26.2 Å². The summed E-state index contributed by atoms with van der Waals surface area (Å²) in [5, 5.41) is 12.2. The van der Waals surface area contributed by atoms with E-state index in [1.54, 1.807) is 17.8 Å². The molecule has 0 saturated heterocycles. The van der Waals surface area contributed by atoms with Crippen LogP contribution in [0.2, 0.25) is 5.02 Å². The Balaban J connectivity index is 1.61. The number of hydrogen-bond donors (Lipinski definition) is 1. The highest BCUT2D eigenvalue weighted by Crippen LogP contribution is 2.29. The number of carbonyl (C=O) groups excluding carboxylic acids is 1. The molecule has 3 aromatic rings. The van der Waals surface area contributed by atoms with Crippen LogP contribution in [-0.4, -0.2) is 16.1 Å². The molecule has 0 radical (unpaired) electrons. The van der Waals surface area contributed by atoms with Crippen LogP contribution >= 0.6 is 34.7 Å². The number of aromatic nitrogens is 2. The van der Waals surface area contributed by atoms with Crippen LogP contribution in [0.15, 0.2) is 52.9 Å². The average molecular weight is 376 g/mol. The Labute approximate surface area is 153 Å². The molecule has 0 aliphatic rings. The number of aryl methyl sites for hydroxylation is 1. The topological polar surface area (TPSA) is 54.9 Å². The van der Waals surface area contributed by atoms with Crippen molar-refractivity contribution in [2.45, 2.75) is 17.0 Å². The molecule has 7 heteroatoms. The molecule has 1 N–H and O–H groups in total. The summed E-state index contributed by atoms with van der Waals surface area (Å²) >= 11 is 8.90. The normalized spacial score (nSPS) is 10.6. The first-order valence-corrected chi connectivity index (χ1v) is 9.37. The van der Waals surface area contributed by atoms with Gasteiger partial charge in [0.2, 0.25) is 5.13 Å². The van der Waals surface area contributed by atoms with Crippen LogP contribution in [0.1, 0.15) is 21.5 Å². The van der Waals surface area contributed by atoms with Crippen molar-refractivity contribution in [3.8, 4) is 0 Å². The first-order chi connectivity index (χ1) is 11.6. The zero-order valence-corrected chi connectivity index (χ0v) is 15.2. The minimum atomic E-state index is -0.171. The number of thioether (sulfide) groups is 1. The number of carbonyl (C=O) groups is 1. The van der Waals surface area contributed by atoms with Crippen LogP contribution < -0.4 is 5.32 Å². The standard InChI is InChI=1S/C17H14ClN3OS2/c1-11-5-2-3-8-14(11)15(22)19-16-20-21-17(24-16)23-10-12-6-4-7-13(18)9-12/h2-9H,10H2,1H3,(H,19,20,22). The Morgan fingerprint density at radius 3 is 2.83 bits per heavy atom. The van der Waals surface area contributed by atoms with Crippen molar-refractivity contribution in [1.29, 1.82) is 0 Å². The molecule has 122 valence electrons. The molecule has 1 aromatic heterocycles. The van der Waals surface area contributed by atoms with Gasteiger partial charge >= 0.3 is 0 Å². The van der Waals surface area contributed by atoms with E-state index in [4.69, 9.17) is 11.6 Å². The lowest BCUT2D eigenvalue weighted by atomic mass is 10.1. The zero-order chi connectivity index (χ0) is 16.9.